The first-order valence-electron chi connectivity index (χ1n) is 10.2. The number of nitrogens with zero attached hydrogens (tertiary/aromatic N) is 4. The molecule has 7 heteroatoms. The van der Waals surface area contributed by atoms with Crippen LogP contribution in [0.1, 0.15) is 42.6 Å². The van der Waals surface area contributed by atoms with Crippen molar-refractivity contribution in [3.05, 3.63) is 83.9 Å². The molecule has 0 aliphatic heterocycles. The number of aliphatic hydroxyl groups is 1. The second-order valence-corrected chi connectivity index (χ2v) is 8.34. The third kappa shape index (κ3) is 3.33. The zero-order valence-corrected chi connectivity index (χ0v) is 17.1. The van der Waals surface area contributed by atoms with Crippen molar-refractivity contribution in [3.63, 3.8) is 0 Å². The highest BCUT2D eigenvalue weighted by Crippen LogP contribution is 2.45. The molecule has 2 heterocycles. The third-order valence-corrected chi connectivity index (χ3v) is 5.93. The van der Waals surface area contributed by atoms with Crippen LogP contribution in [0.15, 0.2) is 72.1 Å². The Kier molecular flexibility index (Phi) is 4.48. The van der Waals surface area contributed by atoms with Crippen molar-refractivity contribution in [2.45, 2.75) is 31.3 Å². The molecule has 0 radical (unpaired) electrons. The van der Waals surface area contributed by atoms with E-state index in [4.69, 9.17) is 10.7 Å². The van der Waals surface area contributed by atoms with Crippen LogP contribution in [0.4, 0.5) is 5.82 Å². The summed E-state index contributed by atoms with van der Waals surface area (Å²) in [6.45, 7) is 1.85. The van der Waals surface area contributed by atoms with Crippen molar-refractivity contribution in [1.29, 1.82) is 0 Å². The maximum absolute atomic E-state index is 10.2. The van der Waals surface area contributed by atoms with Gasteiger partial charge in [-0.05, 0) is 19.8 Å². The minimum absolute atomic E-state index is 0.170. The lowest BCUT2D eigenvalue weighted by molar-refractivity contribution is -0.0335. The highest BCUT2D eigenvalue weighted by molar-refractivity contribution is 6.12. The number of nitrogens with two attached hydrogens (primary N) is 1. The normalized spacial score (nSPS) is 21.2. The molecule has 31 heavy (non-hydrogen) atoms. The average Bonchev–Trinajstić information content (AvgIpc) is 3.14. The van der Waals surface area contributed by atoms with Crippen LogP contribution in [0.25, 0.3) is 16.8 Å². The largest absolute Gasteiger partial charge is 0.410 e. The summed E-state index contributed by atoms with van der Waals surface area (Å²) < 4.78 is 1.98. The molecule has 0 saturated heterocycles. The second kappa shape index (κ2) is 7.21. The number of nitrogen functional groups attached to an aromatic ring is 1. The highest BCUT2D eigenvalue weighted by atomic mass is 16.4. The van der Waals surface area contributed by atoms with Gasteiger partial charge in [0.25, 0.3) is 0 Å². The van der Waals surface area contributed by atoms with Crippen LogP contribution in [0.3, 0.4) is 0 Å². The number of anilines is 1. The van der Waals surface area contributed by atoms with Gasteiger partial charge in [0, 0.05) is 35.0 Å². The van der Waals surface area contributed by atoms with E-state index < -0.39 is 5.60 Å². The number of rotatable bonds is 4. The Labute approximate surface area is 179 Å². The first-order valence-corrected chi connectivity index (χ1v) is 10.2. The van der Waals surface area contributed by atoms with Gasteiger partial charge in [0.2, 0.25) is 0 Å². The summed E-state index contributed by atoms with van der Waals surface area (Å²) in [5.74, 6) is 1.47. The SMILES string of the molecule is CC1(O)CC(c2nc(-c3ccc(/C(=N\O)c4ccccc4)cc3)c3c(N)nccn23)C1. The molecule has 0 amide bonds. The molecule has 0 atom stereocenters. The van der Waals surface area contributed by atoms with Gasteiger partial charge in [-0.15, -0.1) is 0 Å². The molecule has 2 aromatic carbocycles. The van der Waals surface area contributed by atoms with Gasteiger partial charge in [0.05, 0.1) is 5.60 Å². The Balaban J connectivity index is 1.56. The molecule has 4 aromatic rings. The fourth-order valence-corrected chi connectivity index (χ4v) is 4.42. The van der Waals surface area contributed by atoms with Gasteiger partial charge in [-0.3, -0.25) is 4.40 Å². The maximum Gasteiger partial charge on any atom is 0.150 e. The van der Waals surface area contributed by atoms with Crippen molar-refractivity contribution in [1.82, 2.24) is 14.4 Å². The topological polar surface area (TPSA) is 109 Å². The maximum atomic E-state index is 10.2. The van der Waals surface area contributed by atoms with Gasteiger partial charge in [0.1, 0.15) is 28.6 Å². The van der Waals surface area contributed by atoms with Crippen LogP contribution in [0.2, 0.25) is 0 Å². The average molecular weight is 413 g/mol. The van der Waals surface area contributed by atoms with E-state index in [2.05, 4.69) is 10.1 Å². The van der Waals surface area contributed by atoms with Gasteiger partial charge in [0.15, 0.2) is 0 Å². The molecule has 1 aliphatic carbocycles. The van der Waals surface area contributed by atoms with Crippen LogP contribution < -0.4 is 5.73 Å². The first-order chi connectivity index (χ1) is 15.0. The van der Waals surface area contributed by atoms with E-state index in [1.165, 1.54) is 0 Å². The molecule has 2 aromatic heterocycles. The molecule has 1 aliphatic rings. The molecule has 0 bridgehead atoms. The van der Waals surface area contributed by atoms with Gasteiger partial charge in [-0.1, -0.05) is 59.8 Å². The van der Waals surface area contributed by atoms with E-state index in [1.807, 2.05) is 72.1 Å². The molecular weight excluding hydrogens is 390 g/mol. The molecule has 7 nitrogen and oxygen atoms in total. The number of aromatic nitrogens is 3. The van der Waals surface area contributed by atoms with Crippen molar-refractivity contribution >= 4 is 17.0 Å². The van der Waals surface area contributed by atoms with Crippen molar-refractivity contribution in [3.8, 4) is 11.3 Å². The zero-order valence-electron chi connectivity index (χ0n) is 17.1. The van der Waals surface area contributed by atoms with Crippen molar-refractivity contribution < 1.29 is 10.3 Å². The summed E-state index contributed by atoms with van der Waals surface area (Å²) in [5.41, 5.74) is 10.1. The minimum atomic E-state index is -0.644. The van der Waals surface area contributed by atoms with E-state index in [0.717, 1.165) is 33.7 Å². The number of hydrogen-bond donors (Lipinski definition) is 3. The molecule has 0 spiro atoms. The fraction of sp³-hybridized carbons (Fsp3) is 0.208. The van der Waals surface area contributed by atoms with Gasteiger partial charge in [-0.25, -0.2) is 9.97 Å². The predicted molar refractivity (Wildman–Crippen MR) is 119 cm³/mol. The summed E-state index contributed by atoms with van der Waals surface area (Å²) in [7, 11) is 0. The molecular formula is C24H23N5O2. The van der Waals surface area contributed by atoms with Crippen LogP contribution in [-0.2, 0) is 0 Å². The van der Waals surface area contributed by atoms with Crippen LogP contribution in [-0.4, -0.2) is 36.0 Å². The molecule has 0 unspecified atom stereocenters. The monoisotopic (exact) mass is 413 g/mol. The van der Waals surface area contributed by atoms with Gasteiger partial charge >= 0.3 is 0 Å². The molecule has 4 N–H and O–H groups in total. The highest BCUT2D eigenvalue weighted by Gasteiger charge is 2.41. The zero-order chi connectivity index (χ0) is 21.6. The van der Waals surface area contributed by atoms with Gasteiger partial charge < -0.3 is 16.0 Å². The summed E-state index contributed by atoms with van der Waals surface area (Å²) in [4.78, 5) is 9.17. The van der Waals surface area contributed by atoms with Crippen molar-refractivity contribution in [2.24, 2.45) is 5.16 Å². The summed E-state index contributed by atoms with van der Waals surface area (Å²) >= 11 is 0. The predicted octanol–water partition coefficient (Wildman–Crippen LogP) is 3.83. The van der Waals surface area contributed by atoms with E-state index in [0.29, 0.717) is 24.4 Å². The smallest absolute Gasteiger partial charge is 0.150 e. The lowest BCUT2D eigenvalue weighted by Crippen LogP contribution is -2.40. The molecule has 156 valence electrons. The van der Waals surface area contributed by atoms with Crippen molar-refractivity contribution in [2.75, 3.05) is 5.73 Å². The number of oxime groups is 1. The van der Waals surface area contributed by atoms with Crippen LogP contribution >= 0.6 is 0 Å². The number of benzene rings is 2. The Morgan fingerprint density at radius 3 is 2.42 bits per heavy atom. The van der Waals surface area contributed by atoms with Gasteiger partial charge in [-0.2, -0.15) is 0 Å². The summed E-state index contributed by atoms with van der Waals surface area (Å²) in [5, 5.41) is 23.3. The Bertz CT molecular complexity index is 1270. The Morgan fingerprint density at radius 2 is 1.77 bits per heavy atom. The van der Waals surface area contributed by atoms with E-state index in [1.54, 1.807) is 6.20 Å². The Morgan fingerprint density at radius 1 is 1.10 bits per heavy atom. The van der Waals surface area contributed by atoms with E-state index in [-0.39, 0.29) is 5.92 Å². The molecule has 1 saturated carbocycles. The molecule has 5 rings (SSSR count). The second-order valence-electron chi connectivity index (χ2n) is 8.34. The van der Waals surface area contributed by atoms with E-state index in [9.17, 15) is 10.3 Å². The lowest BCUT2D eigenvalue weighted by Gasteiger charge is -2.40. The van der Waals surface area contributed by atoms with E-state index >= 15 is 0 Å². The quantitative estimate of drug-likeness (QED) is 0.268. The van der Waals surface area contributed by atoms with Crippen LogP contribution in [0.5, 0.6) is 0 Å². The standard InChI is InChI=1S/C24H23N5O2/c1-24(30)13-18(14-24)23-27-20(21-22(25)26-11-12-29(21)23)17-9-7-16(8-10-17)19(28-31)15-5-3-2-4-6-15/h2-12,18,30-31H,13-14H2,1H3,(H2,25,26)/b28-19-. The third-order valence-electron chi connectivity index (χ3n) is 5.93. The summed E-state index contributed by atoms with van der Waals surface area (Å²) in [6.07, 6.45) is 4.87. The fourth-order valence-electron chi connectivity index (χ4n) is 4.42. The minimum Gasteiger partial charge on any atom is -0.410 e. The summed E-state index contributed by atoms with van der Waals surface area (Å²) in [6, 6.07) is 17.2. The van der Waals surface area contributed by atoms with Crippen LogP contribution in [0, 0.1) is 0 Å². The number of fused-ring (bicyclic) bond motifs is 1. The lowest BCUT2D eigenvalue weighted by atomic mass is 9.72. The molecule has 1 fully saturated rings. The number of imidazole rings is 1. The Hall–Kier alpha value is -3.71. The first kappa shape index (κ1) is 19.3. The number of hydrogen-bond acceptors (Lipinski definition) is 6.